The fourth-order valence-electron chi connectivity index (χ4n) is 3.64. The average Bonchev–Trinajstić information content (AvgIpc) is 2.76. The normalized spacial score (nSPS) is 14.9. The lowest BCUT2D eigenvalue weighted by Crippen LogP contribution is -2.37. The molecule has 0 aliphatic rings. The molecule has 0 saturated heterocycles. The Bertz CT molecular complexity index is 486. The number of ether oxygens (including phenoxy) is 2. The number of hydrogen-bond donors (Lipinski definition) is 1. The first kappa shape index (κ1) is 34.0. The van der Waals surface area contributed by atoms with Gasteiger partial charge in [-0.05, 0) is 13.3 Å². The standard InChI is InChI=1S/C26H56NO6P/c1-6-8-9-10-11-12-13-14-15-16-17-18-19-20-22-30-24-26(31-7-2)25-33-34(28,29)32-23-21-27(3,4)5/h26H,6-25H2,1-5H3/p+1/t26-/m1/s1. The Morgan fingerprint density at radius 2 is 1.21 bits per heavy atom. The van der Waals surface area contributed by atoms with Crippen LogP contribution >= 0.6 is 7.82 Å². The lowest BCUT2D eigenvalue weighted by molar-refractivity contribution is -0.870. The second-order valence-electron chi connectivity index (χ2n) is 10.4. The summed E-state index contributed by atoms with van der Waals surface area (Å²) in [6.07, 6.45) is 18.3. The zero-order chi connectivity index (χ0) is 25.5. The van der Waals surface area contributed by atoms with Gasteiger partial charge in [0.05, 0.1) is 34.4 Å². The molecule has 0 aromatic carbocycles. The molecule has 0 bridgehead atoms. The van der Waals surface area contributed by atoms with E-state index in [1.165, 1.54) is 83.5 Å². The summed E-state index contributed by atoms with van der Waals surface area (Å²) < 4.78 is 34.2. The molecule has 0 aromatic rings. The van der Waals surface area contributed by atoms with Gasteiger partial charge >= 0.3 is 7.82 Å². The highest BCUT2D eigenvalue weighted by Gasteiger charge is 2.24. The summed E-state index contributed by atoms with van der Waals surface area (Å²) in [6.45, 7) is 6.43. The minimum absolute atomic E-state index is 0.0231. The van der Waals surface area contributed by atoms with Gasteiger partial charge in [0.15, 0.2) is 0 Å². The predicted molar refractivity (Wildman–Crippen MR) is 141 cm³/mol. The van der Waals surface area contributed by atoms with Gasteiger partial charge in [-0.3, -0.25) is 9.05 Å². The van der Waals surface area contributed by atoms with Crippen LogP contribution in [0.2, 0.25) is 0 Å². The zero-order valence-corrected chi connectivity index (χ0v) is 24.0. The fraction of sp³-hybridized carbons (Fsp3) is 1.00. The van der Waals surface area contributed by atoms with Gasteiger partial charge in [0.1, 0.15) is 19.3 Å². The molecule has 0 heterocycles. The van der Waals surface area contributed by atoms with E-state index in [1.54, 1.807) is 0 Å². The lowest BCUT2D eigenvalue weighted by atomic mass is 10.0. The molecule has 1 N–H and O–H groups in total. The smallest absolute Gasteiger partial charge is 0.379 e. The number of phosphoric acid groups is 1. The average molecular weight is 511 g/mol. The summed E-state index contributed by atoms with van der Waals surface area (Å²) in [5.74, 6) is 0. The van der Waals surface area contributed by atoms with Crippen LogP contribution in [0, 0.1) is 0 Å². The van der Waals surface area contributed by atoms with Crippen molar-refractivity contribution < 1.29 is 32.5 Å². The first-order valence-electron chi connectivity index (χ1n) is 13.8. The molecule has 8 heteroatoms. The van der Waals surface area contributed by atoms with Crippen LogP contribution in [-0.4, -0.2) is 76.2 Å². The van der Waals surface area contributed by atoms with E-state index in [0.29, 0.717) is 30.8 Å². The fourth-order valence-corrected chi connectivity index (χ4v) is 4.38. The number of hydrogen-bond acceptors (Lipinski definition) is 5. The molecule has 7 nitrogen and oxygen atoms in total. The van der Waals surface area contributed by atoms with Gasteiger partial charge in [-0.1, -0.05) is 90.4 Å². The highest BCUT2D eigenvalue weighted by Crippen LogP contribution is 2.43. The second-order valence-corrected chi connectivity index (χ2v) is 11.8. The van der Waals surface area contributed by atoms with Gasteiger partial charge in [-0.25, -0.2) is 4.57 Å². The molecule has 0 aromatic heterocycles. The van der Waals surface area contributed by atoms with Gasteiger partial charge in [0, 0.05) is 13.2 Å². The van der Waals surface area contributed by atoms with Gasteiger partial charge < -0.3 is 18.9 Å². The van der Waals surface area contributed by atoms with Crippen LogP contribution < -0.4 is 0 Å². The first-order chi connectivity index (χ1) is 16.2. The quantitative estimate of drug-likeness (QED) is 0.0790. The molecule has 0 aliphatic carbocycles. The van der Waals surface area contributed by atoms with E-state index < -0.39 is 7.82 Å². The molecule has 0 aliphatic heterocycles. The Balaban J connectivity index is 3.65. The Morgan fingerprint density at radius 3 is 1.68 bits per heavy atom. The number of phosphoric ester groups is 1. The summed E-state index contributed by atoms with van der Waals surface area (Å²) in [5.41, 5.74) is 0. The number of nitrogens with zero attached hydrogens (tertiary/aromatic N) is 1. The van der Waals surface area contributed by atoms with Crippen molar-refractivity contribution in [3.05, 3.63) is 0 Å². The van der Waals surface area contributed by atoms with E-state index >= 15 is 0 Å². The van der Waals surface area contributed by atoms with E-state index in [9.17, 15) is 9.46 Å². The number of rotatable bonds is 26. The van der Waals surface area contributed by atoms with E-state index in [2.05, 4.69) is 6.92 Å². The lowest BCUT2D eigenvalue weighted by Gasteiger charge is -2.24. The summed E-state index contributed by atoms with van der Waals surface area (Å²) in [7, 11) is 1.90. The third kappa shape index (κ3) is 25.1. The molecule has 0 amide bonds. The van der Waals surface area contributed by atoms with Crippen LogP contribution in [0.1, 0.15) is 104 Å². The first-order valence-corrected chi connectivity index (χ1v) is 15.3. The predicted octanol–water partition coefficient (Wildman–Crippen LogP) is 6.73. The maximum Gasteiger partial charge on any atom is 0.472 e. The molecular weight excluding hydrogens is 453 g/mol. The van der Waals surface area contributed by atoms with E-state index in [0.717, 1.165) is 6.42 Å². The second kappa shape index (κ2) is 22.2. The Morgan fingerprint density at radius 1 is 0.706 bits per heavy atom. The van der Waals surface area contributed by atoms with Crippen molar-refractivity contribution >= 4 is 7.82 Å². The molecule has 0 saturated carbocycles. The third-order valence-corrected chi connectivity index (χ3v) is 6.77. The van der Waals surface area contributed by atoms with Gasteiger partial charge in [-0.2, -0.15) is 0 Å². The summed E-state index contributed by atoms with van der Waals surface area (Å²) in [5, 5.41) is 0. The largest absolute Gasteiger partial charge is 0.472 e. The number of quaternary nitrogens is 1. The van der Waals surface area contributed by atoms with Crippen molar-refractivity contribution in [3.8, 4) is 0 Å². The van der Waals surface area contributed by atoms with Crippen molar-refractivity contribution in [1.82, 2.24) is 0 Å². The molecule has 0 rings (SSSR count). The number of likely N-dealkylation sites (N-methyl/N-ethyl adjacent to an activating group) is 1. The van der Waals surface area contributed by atoms with Crippen LogP contribution in [0.4, 0.5) is 0 Å². The minimum atomic E-state index is -4.08. The summed E-state index contributed by atoms with van der Waals surface area (Å²) in [6, 6.07) is 0. The van der Waals surface area contributed by atoms with Crippen molar-refractivity contribution in [3.63, 3.8) is 0 Å². The Labute approximate surface area is 211 Å². The van der Waals surface area contributed by atoms with E-state index in [4.69, 9.17) is 18.5 Å². The highest BCUT2D eigenvalue weighted by atomic mass is 31.2. The molecule has 0 radical (unpaired) electrons. The van der Waals surface area contributed by atoms with Crippen LogP contribution in [0.5, 0.6) is 0 Å². The van der Waals surface area contributed by atoms with E-state index in [-0.39, 0.29) is 19.3 Å². The summed E-state index contributed by atoms with van der Waals surface area (Å²) in [4.78, 5) is 9.85. The van der Waals surface area contributed by atoms with Crippen molar-refractivity contribution in [2.45, 2.75) is 110 Å². The summed E-state index contributed by atoms with van der Waals surface area (Å²) >= 11 is 0. The van der Waals surface area contributed by atoms with Gasteiger partial charge in [-0.15, -0.1) is 0 Å². The topological polar surface area (TPSA) is 74.2 Å². The van der Waals surface area contributed by atoms with Gasteiger partial charge in [0.25, 0.3) is 0 Å². The van der Waals surface area contributed by atoms with Crippen LogP contribution in [0.3, 0.4) is 0 Å². The van der Waals surface area contributed by atoms with E-state index in [1.807, 2.05) is 28.1 Å². The molecule has 34 heavy (non-hydrogen) atoms. The van der Waals surface area contributed by atoms with Crippen molar-refractivity contribution in [2.75, 3.05) is 60.7 Å². The number of unbranched alkanes of at least 4 members (excludes halogenated alkanes) is 13. The van der Waals surface area contributed by atoms with Gasteiger partial charge in [0.2, 0.25) is 0 Å². The van der Waals surface area contributed by atoms with Crippen LogP contribution in [0.15, 0.2) is 0 Å². The molecule has 0 fully saturated rings. The molecule has 1 unspecified atom stereocenters. The van der Waals surface area contributed by atoms with Crippen molar-refractivity contribution in [1.29, 1.82) is 0 Å². The zero-order valence-electron chi connectivity index (χ0n) is 23.1. The molecule has 206 valence electrons. The Hall–Kier alpha value is -0.0100. The SMILES string of the molecule is CCCCCCCCCCCCCCCCOC[C@H](COP(=O)(O)OCC[N+](C)(C)C)OCC. The monoisotopic (exact) mass is 510 g/mol. The maximum absolute atomic E-state index is 12.0. The Kier molecular flexibility index (Phi) is 22.2. The van der Waals surface area contributed by atoms with Crippen LogP contribution in [-0.2, 0) is 23.1 Å². The third-order valence-electron chi connectivity index (χ3n) is 5.79. The highest BCUT2D eigenvalue weighted by molar-refractivity contribution is 7.47. The minimum Gasteiger partial charge on any atom is -0.379 e. The molecule has 0 spiro atoms. The van der Waals surface area contributed by atoms with Crippen molar-refractivity contribution in [2.24, 2.45) is 0 Å². The molecule has 2 atom stereocenters. The molecular formula is C26H57NO6P+. The maximum atomic E-state index is 12.0. The van der Waals surface area contributed by atoms with Crippen LogP contribution in [0.25, 0.3) is 0 Å².